The Hall–Kier alpha value is -2.34. The predicted molar refractivity (Wildman–Crippen MR) is 117 cm³/mol. The van der Waals surface area contributed by atoms with E-state index in [-0.39, 0.29) is 11.9 Å². The minimum absolute atomic E-state index is 0.0612. The lowest BCUT2D eigenvalue weighted by Gasteiger charge is -2.20. The number of amides is 1. The topological polar surface area (TPSA) is 75.3 Å². The summed E-state index contributed by atoms with van der Waals surface area (Å²) in [5, 5.41) is 3.07. The number of nitrogens with one attached hydrogen (secondary N) is 2. The van der Waals surface area contributed by atoms with Gasteiger partial charge in [-0.05, 0) is 75.8 Å². The number of anilines is 1. The lowest BCUT2D eigenvalue weighted by Crippen LogP contribution is -2.39. The van der Waals surface area contributed by atoms with Gasteiger partial charge in [0.25, 0.3) is 10.0 Å². The monoisotopic (exact) mass is 414 g/mol. The van der Waals surface area contributed by atoms with E-state index in [2.05, 4.69) is 10.0 Å². The molecule has 1 atom stereocenters. The standard InChI is InChI=1S/C23H30N2O3S/c1-6-18(5)24-22(26)23(11-12-23)19-7-9-20(10-8-19)25-29(27,28)21-16(3)13-15(2)14-17(21)4/h7-10,13-14,18,25H,6,11-12H2,1-5H3,(H,24,26)/t18-/m0/s1. The van der Waals surface area contributed by atoms with E-state index in [4.69, 9.17) is 0 Å². The molecule has 2 aromatic carbocycles. The van der Waals surface area contributed by atoms with E-state index < -0.39 is 15.4 Å². The molecule has 0 unspecified atom stereocenters. The van der Waals surface area contributed by atoms with Crippen molar-refractivity contribution in [3.05, 3.63) is 58.7 Å². The first kappa shape index (κ1) is 21.4. The van der Waals surface area contributed by atoms with Crippen LogP contribution in [-0.4, -0.2) is 20.4 Å². The first-order valence-corrected chi connectivity index (χ1v) is 11.6. The summed E-state index contributed by atoms with van der Waals surface area (Å²) >= 11 is 0. The Morgan fingerprint density at radius 1 is 1.07 bits per heavy atom. The zero-order valence-electron chi connectivity index (χ0n) is 17.8. The maximum atomic E-state index is 12.9. The summed E-state index contributed by atoms with van der Waals surface area (Å²) in [5.74, 6) is 0.0612. The molecule has 0 saturated heterocycles. The Bertz CT molecular complexity index is 1000. The van der Waals surface area contributed by atoms with Crippen LogP contribution in [0.2, 0.25) is 0 Å². The molecule has 0 bridgehead atoms. The van der Waals surface area contributed by atoms with Crippen LogP contribution < -0.4 is 10.0 Å². The second kappa shape index (κ2) is 7.82. The molecule has 5 nitrogen and oxygen atoms in total. The SMILES string of the molecule is CC[C@H](C)NC(=O)C1(c2ccc(NS(=O)(=O)c3c(C)cc(C)cc3C)cc2)CC1. The van der Waals surface area contributed by atoms with Crippen LogP contribution in [0.5, 0.6) is 0 Å². The molecule has 29 heavy (non-hydrogen) atoms. The van der Waals surface area contributed by atoms with Gasteiger partial charge >= 0.3 is 0 Å². The molecular weight excluding hydrogens is 384 g/mol. The van der Waals surface area contributed by atoms with E-state index in [1.807, 2.05) is 58.9 Å². The van der Waals surface area contributed by atoms with Crippen LogP contribution in [0.25, 0.3) is 0 Å². The molecule has 2 N–H and O–H groups in total. The normalized spacial score (nSPS) is 16.2. The maximum Gasteiger partial charge on any atom is 0.262 e. The third-order valence-electron chi connectivity index (χ3n) is 5.74. The molecule has 0 heterocycles. The number of hydrogen-bond donors (Lipinski definition) is 2. The summed E-state index contributed by atoms with van der Waals surface area (Å²) in [4.78, 5) is 13.0. The van der Waals surface area contributed by atoms with Crippen LogP contribution in [0, 0.1) is 20.8 Å². The maximum absolute atomic E-state index is 12.9. The highest BCUT2D eigenvalue weighted by molar-refractivity contribution is 7.92. The van der Waals surface area contributed by atoms with Gasteiger partial charge in [-0.25, -0.2) is 8.42 Å². The number of rotatable bonds is 7. The zero-order chi connectivity index (χ0) is 21.4. The molecule has 0 spiro atoms. The number of carbonyl (C=O) groups is 1. The van der Waals surface area contributed by atoms with E-state index in [1.54, 1.807) is 12.1 Å². The van der Waals surface area contributed by atoms with E-state index >= 15 is 0 Å². The van der Waals surface area contributed by atoms with E-state index in [0.29, 0.717) is 10.6 Å². The van der Waals surface area contributed by atoms with Gasteiger partial charge in [0.2, 0.25) is 5.91 Å². The quantitative estimate of drug-likeness (QED) is 0.707. The van der Waals surface area contributed by atoms with Gasteiger partial charge in [-0.15, -0.1) is 0 Å². The average molecular weight is 415 g/mol. The first-order valence-electron chi connectivity index (χ1n) is 10.1. The van der Waals surface area contributed by atoms with Crippen molar-refractivity contribution in [3.63, 3.8) is 0 Å². The fourth-order valence-corrected chi connectivity index (χ4v) is 5.40. The Morgan fingerprint density at radius 3 is 2.10 bits per heavy atom. The second-order valence-corrected chi connectivity index (χ2v) is 9.89. The van der Waals surface area contributed by atoms with Gasteiger partial charge in [-0.3, -0.25) is 9.52 Å². The molecule has 3 rings (SSSR count). The van der Waals surface area contributed by atoms with Crippen LogP contribution in [-0.2, 0) is 20.2 Å². The van der Waals surface area contributed by atoms with E-state index in [9.17, 15) is 13.2 Å². The fraction of sp³-hybridized carbons (Fsp3) is 0.435. The summed E-state index contributed by atoms with van der Waals surface area (Å²) < 4.78 is 28.5. The van der Waals surface area contributed by atoms with Gasteiger partial charge in [0.15, 0.2) is 0 Å². The van der Waals surface area contributed by atoms with Crippen molar-refractivity contribution in [1.29, 1.82) is 0 Å². The largest absolute Gasteiger partial charge is 0.353 e. The van der Waals surface area contributed by atoms with Crippen LogP contribution >= 0.6 is 0 Å². The molecule has 0 aromatic heterocycles. The van der Waals surface area contributed by atoms with Crippen LogP contribution in [0.15, 0.2) is 41.3 Å². The summed E-state index contributed by atoms with van der Waals surface area (Å²) in [5.41, 5.74) is 3.45. The van der Waals surface area contributed by atoms with Gasteiger partial charge in [0, 0.05) is 11.7 Å². The van der Waals surface area contributed by atoms with E-state index in [0.717, 1.165) is 41.5 Å². The fourth-order valence-electron chi connectivity index (χ4n) is 3.89. The van der Waals surface area contributed by atoms with Gasteiger partial charge < -0.3 is 5.32 Å². The number of carbonyl (C=O) groups excluding carboxylic acids is 1. The molecule has 1 saturated carbocycles. The Morgan fingerprint density at radius 2 is 1.62 bits per heavy atom. The van der Waals surface area contributed by atoms with Crippen LogP contribution in [0.3, 0.4) is 0 Å². The summed E-state index contributed by atoms with van der Waals surface area (Å²) in [6, 6.07) is 11.1. The average Bonchev–Trinajstić information content (AvgIpc) is 3.42. The minimum Gasteiger partial charge on any atom is -0.353 e. The highest BCUT2D eigenvalue weighted by Gasteiger charge is 2.51. The second-order valence-electron chi connectivity index (χ2n) is 8.28. The molecule has 2 aromatic rings. The Balaban J connectivity index is 1.80. The van der Waals surface area contributed by atoms with Gasteiger partial charge in [-0.1, -0.05) is 36.8 Å². The minimum atomic E-state index is -3.69. The van der Waals surface area contributed by atoms with Crippen molar-refractivity contribution in [2.24, 2.45) is 0 Å². The van der Waals surface area contributed by atoms with Crippen molar-refractivity contribution < 1.29 is 13.2 Å². The van der Waals surface area contributed by atoms with Crippen molar-refractivity contribution in [3.8, 4) is 0 Å². The van der Waals surface area contributed by atoms with Crippen molar-refractivity contribution in [2.75, 3.05) is 4.72 Å². The molecule has 1 amide bonds. The predicted octanol–water partition coefficient (Wildman–Crippen LogP) is 4.36. The van der Waals surface area contributed by atoms with Crippen LogP contribution in [0.1, 0.15) is 55.4 Å². The Kier molecular flexibility index (Phi) is 5.77. The van der Waals surface area contributed by atoms with Gasteiger partial charge in [0.1, 0.15) is 0 Å². The molecule has 6 heteroatoms. The zero-order valence-corrected chi connectivity index (χ0v) is 18.6. The van der Waals surface area contributed by atoms with E-state index in [1.165, 1.54) is 0 Å². The molecule has 0 radical (unpaired) electrons. The highest BCUT2D eigenvalue weighted by Crippen LogP contribution is 2.48. The molecule has 1 aliphatic carbocycles. The summed E-state index contributed by atoms with van der Waals surface area (Å²) in [6.07, 6.45) is 2.53. The Labute approximate surface area is 174 Å². The van der Waals surface area contributed by atoms with Gasteiger partial charge in [-0.2, -0.15) is 0 Å². The first-order chi connectivity index (χ1) is 13.6. The van der Waals surface area contributed by atoms with Crippen LogP contribution in [0.4, 0.5) is 5.69 Å². The lowest BCUT2D eigenvalue weighted by molar-refractivity contribution is -0.124. The third-order valence-corrected chi connectivity index (χ3v) is 7.42. The molecular formula is C23H30N2O3S. The molecule has 156 valence electrons. The summed E-state index contributed by atoms with van der Waals surface area (Å²) in [7, 11) is -3.69. The van der Waals surface area contributed by atoms with Crippen molar-refractivity contribution in [2.45, 2.75) is 70.2 Å². The summed E-state index contributed by atoms with van der Waals surface area (Å²) in [6.45, 7) is 9.62. The lowest BCUT2D eigenvalue weighted by atomic mass is 9.94. The number of benzene rings is 2. The number of sulfonamides is 1. The number of hydrogen-bond acceptors (Lipinski definition) is 3. The van der Waals surface area contributed by atoms with Gasteiger partial charge in [0.05, 0.1) is 10.3 Å². The number of aryl methyl sites for hydroxylation is 3. The molecule has 0 aliphatic heterocycles. The van der Waals surface area contributed by atoms with Crippen molar-refractivity contribution in [1.82, 2.24) is 5.32 Å². The highest BCUT2D eigenvalue weighted by atomic mass is 32.2. The smallest absolute Gasteiger partial charge is 0.262 e. The molecule has 1 fully saturated rings. The molecule has 1 aliphatic rings. The third kappa shape index (κ3) is 4.32. The van der Waals surface area contributed by atoms with Crippen molar-refractivity contribution >= 4 is 21.6 Å².